The molecular formula is C25H27N2O+. The number of aryl methyl sites for hydroxylation is 3. The van der Waals surface area contributed by atoms with Gasteiger partial charge in [0.15, 0.2) is 0 Å². The van der Waals surface area contributed by atoms with Gasteiger partial charge in [-0.2, -0.15) is 4.40 Å². The second kappa shape index (κ2) is 7.51. The van der Waals surface area contributed by atoms with E-state index in [-0.39, 0.29) is 0 Å². The number of hydrogen-bond acceptors (Lipinski definition) is 1. The quantitative estimate of drug-likeness (QED) is 0.447. The van der Waals surface area contributed by atoms with Gasteiger partial charge in [-0.05, 0) is 42.7 Å². The number of aromatic nitrogens is 2. The van der Waals surface area contributed by atoms with Crippen LogP contribution >= 0.6 is 0 Å². The third-order valence-electron chi connectivity index (χ3n) is 5.54. The van der Waals surface area contributed by atoms with Crippen LogP contribution in [0.15, 0.2) is 66.9 Å². The number of nitrogens with zero attached hydrogens (tertiary/aromatic N) is 2. The van der Waals surface area contributed by atoms with Gasteiger partial charge in [0, 0.05) is 13.8 Å². The van der Waals surface area contributed by atoms with Crippen LogP contribution in [0.3, 0.4) is 0 Å². The molecule has 4 rings (SSSR count). The first-order valence-corrected chi connectivity index (χ1v) is 9.77. The maximum atomic E-state index is 6.26. The maximum Gasteiger partial charge on any atom is 0.329 e. The Morgan fingerprint density at radius 2 is 1.68 bits per heavy atom. The SMILES string of the molecule is Cc1ccc(Cn2c(C)c(C)[n+]3cccc(OCc4ccccc4)c23)c(C)c1. The number of hydrogen-bond donors (Lipinski definition) is 0. The molecule has 3 nitrogen and oxygen atoms in total. The lowest BCUT2D eigenvalue weighted by Crippen LogP contribution is -2.23. The van der Waals surface area contributed by atoms with Gasteiger partial charge < -0.3 is 4.74 Å². The fourth-order valence-corrected chi connectivity index (χ4v) is 3.78. The highest BCUT2D eigenvalue weighted by atomic mass is 16.5. The summed E-state index contributed by atoms with van der Waals surface area (Å²) in [4.78, 5) is 0. The molecule has 0 saturated heterocycles. The van der Waals surface area contributed by atoms with E-state index in [1.807, 2.05) is 18.2 Å². The van der Waals surface area contributed by atoms with Gasteiger partial charge in [-0.15, -0.1) is 0 Å². The van der Waals surface area contributed by atoms with E-state index < -0.39 is 0 Å². The topological polar surface area (TPSA) is 18.3 Å². The van der Waals surface area contributed by atoms with E-state index in [0.29, 0.717) is 6.61 Å². The molecule has 28 heavy (non-hydrogen) atoms. The number of benzene rings is 2. The van der Waals surface area contributed by atoms with Crippen LogP contribution in [-0.2, 0) is 13.2 Å². The van der Waals surface area contributed by atoms with Crippen LogP contribution < -0.4 is 9.14 Å². The molecule has 2 aromatic heterocycles. The summed E-state index contributed by atoms with van der Waals surface area (Å²) in [6.07, 6.45) is 2.12. The second-order valence-corrected chi connectivity index (χ2v) is 7.53. The van der Waals surface area contributed by atoms with Gasteiger partial charge in [0.25, 0.3) is 0 Å². The summed E-state index contributed by atoms with van der Waals surface area (Å²) in [5, 5.41) is 0. The first-order chi connectivity index (χ1) is 13.5. The molecule has 0 N–H and O–H groups in total. The molecule has 2 aromatic carbocycles. The van der Waals surface area contributed by atoms with Gasteiger partial charge in [-0.1, -0.05) is 54.1 Å². The summed E-state index contributed by atoms with van der Waals surface area (Å²) >= 11 is 0. The normalized spacial score (nSPS) is 11.1. The van der Waals surface area contributed by atoms with Crippen LogP contribution in [-0.4, -0.2) is 4.57 Å². The first kappa shape index (κ1) is 18.3. The Morgan fingerprint density at radius 1 is 0.893 bits per heavy atom. The minimum Gasteiger partial charge on any atom is -0.481 e. The zero-order valence-corrected chi connectivity index (χ0v) is 17.1. The largest absolute Gasteiger partial charge is 0.481 e. The molecule has 0 spiro atoms. The van der Waals surface area contributed by atoms with E-state index in [9.17, 15) is 0 Å². The summed E-state index contributed by atoms with van der Waals surface area (Å²) in [5.74, 6) is 0.910. The van der Waals surface area contributed by atoms with E-state index in [2.05, 4.69) is 85.3 Å². The van der Waals surface area contributed by atoms with Gasteiger partial charge in [-0.25, -0.2) is 4.57 Å². The van der Waals surface area contributed by atoms with Crippen LogP contribution in [0.4, 0.5) is 0 Å². The average Bonchev–Trinajstić information content (AvgIpc) is 2.94. The molecule has 0 amide bonds. The predicted octanol–water partition coefficient (Wildman–Crippen LogP) is 5.09. The monoisotopic (exact) mass is 371 g/mol. The first-order valence-electron chi connectivity index (χ1n) is 9.77. The highest BCUT2D eigenvalue weighted by Gasteiger charge is 2.24. The third kappa shape index (κ3) is 3.40. The Hall–Kier alpha value is -3.07. The highest BCUT2D eigenvalue weighted by molar-refractivity contribution is 5.51. The van der Waals surface area contributed by atoms with Crippen molar-refractivity contribution in [3.8, 4) is 5.75 Å². The summed E-state index contributed by atoms with van der Waals surface area (Å²) in [7, 11) is 0. The van der Waals surface area contributed by atoms with Crippen LogP contribution in [0.1, 0.15) is 33.6 Å². The number of fused-ring (bicyclic) bond motifs is 1. The minimum atomic E-state index is 0.563. The standard InChI is InChI=1S/C25H27N2O/c1-18-12-13-23(19(2)15-18)16-27-21(4)20(3)26-14-8-11-24(25(26)27)28-17-22-9-6-5-7-10-22/h5-15H,16-17H2,1-4H3/q+1. The van der Waals surface area contributed by atoms with Gasteiger partial charge in [-0.3, -0.25) is 0 Å². The molecule has 0 saturated carbocycles. The van der Waals surface area contributed by atoms with Crippen LogP contribution in [0.2, 0.25) is 0 Å². The molecule has 0 aliphatic rings. The smallest absolute Gasteiger partial charge is 0.329 e. The van der Waals surface area contributed by atoms with Gasteiger partial charge >= 0.3 is 5.65 Å². The molecule has 2 heterocycles. The Balaban J connectivity index is 1.76. The average molecular weight is 372 g/mol. The molecule has 0 bridgehead atoms. The lowest BCUT2D eigenvalue weighted by atomic mass is 10.1. The van der Waals surface area contributed by atoms with Crippen molar-refractivity contribution in [3.63, 3.8) is 0 Å². The van der Waals surface area contributed by atoms with Crippen LogP contribution in [0.5, 0.6) is 5.75 Å². The zero-order valence-electron chi connectivity index (χ0n) is 17.1. The van der Waals surface area contributed by atoms with E-state index in [1.54, 1.807) is 0 Å². The molecule has 0 aliphatic heterocycles. The number of ether oxygens (including phenoxy) is 1. The van der Waals surface area contributed by atoms with E-state index >= 15 is 0 Å². The summed E-state index contributed by atoms with van der Waals surface area (Å²) < 4.78 is 10.9. The van der Waals surface area contributed by atoms with Crippen molar-refractivity contribution >= 4 is 5.65 Å². The Bertz CT molecular complexity index is 1130. The molecule has 0 atom stereocenters. The number of imidazole rings is 1. The summed E-state index contributed by atoms with van der Waals surface area (Å²) in [6.45, 7) is 10.1. The molecular weight excluding hydrogens is 344 g/mol. The van der Waals surface area contributed by atoms with Gasteiger partial charge in [0.05, 0.1) is 6.20 Å². The fourth-order valence-electron chi connectivity index (χ4n) is 3.78. The van der Waals surface area contributed by atoms with E-state index in [1.165, 1.54) is 33.6 Å². The van der Waals surface area contributed by atoms with Crippen LogP contribution in [0.25, 0.3) is 5.65 Å². The minimum absolute atomic E-state index is 0.563. The highest BCUT2D eigenvalue weighted by Crippen LogP contribution is 2.24. The Morgan fingerprint density at radius 3 is 2.43 bits per heavy atom. The van der Waals surface area contributed by atoms with Crippen molar-refractivity contribution < 1.29 is 9.14 Å². The van der Waals surface area contributed by atoms with E-state index in [0.717, 1.165) is 17.9 Å². The number of rotatable bonds is 5. The van der Waals surface area contributed by atoms with Gasteiger partial charge in [0.2, 0.25) is 5.75 Å². The Labute approximate surface area is 166 Å². The number of pyridine rings is 1. The summed E-state index contributed by atoms with van der Waals surface area (Å²) in [6, 6.07) is 21.1. The van der Waals surface area contributed by atoms with Crippen molar-refractivity contribution in [1.82, 2.24) is 4.57 Å². The molecule has 0 radical (unpaired) electrons. The van der Waals surface area contributed by atoms with E-state index in [4.69, 9.17) is 4.74 Å². The Kier molecular flexibility index (Phi) is 4.91. The molecule has 4 aromatic rings. The lowest BCUT2D eigenvalue weighted by molar-refractivity contribution is -0.519. The lowest BCUT2D eigenvalue weighted by Gasteiger charge is -2.09. The predicted molar refractivity (Wildman–Crippen MR) is 113 cm³/mol. The molecule has 0 fully saturated rings. The second-order valence-electron chi connectivity index (χ2n) is 7.53. The van der Waals surface area contributed by atoms with Crippen molar-refractivity contribution in [2.75, 3.05) is 0 Å². The van der Waals surface area contributed by atoms with Crippen molar-refractivity contribution in [1.29, 1.82) is 0 Å². The zero-order chi connectivity index (χ0) is 19.7. The van der Waals surface area contributed by atoms with Crippen LogP contribution in [0, 0.1) is 27.7 Å². The maximum absolute atomic E-state index is 6.26. The third-order valence-corrected chi connectivity index (χ3v) is 5.54. The fraction of sp³-hybridized carbons (Fsp3) is 0.240. The molecule has 0 aliphatic carbocycles. The van der Waals surface area contributed by atoms with Crippen molar-refractivity contribution in [2.24, 2.45) is 0 Å². The molecule has 142 valence electrons. The van der Waals surface area contributed by atoms with Crippen molar-refractivity contribution in [2.45, 2.75) is 40.8 Å². The van der Waals surface area contributed by atoms with Gasteiger partial charge in [0.1, 0.15) is 24.5 Å². The van der Waals surface area contributed by atoms with Crippen molar-refractivity contribution in [3.05, 3.63) is 101 Å². The summed E-state index contributed by atoms with van der Waals surface area (Å²) in [5.41, 5.74) is 8.74. The molecule has 3 heteroatoms. The molecule has 0 unspecified atom stereocenters.